The molecule has 1 amide bonds. The second-order valence-corrected chi connectivity index (χ2v) is 7.06. The van der Waals surface area contributed by atoms with Crippen LogP contribution in [0.1, 0.15) is 48.9 Å². The number of hydrogen-bond acceptors (Lipinski definition) is 4. The maximum absolute atomic E-state index is 13.2. The summed E-state index contributed by atoms with van der Waals surface area (Å²) in [6.07, 6.45) is 5.83. The predicted octanol–water partition coefficient (Wildman–Crippen LogP) is 2.87. The lowest BCUT2D eigenvalue weighted by molar-refractivity contribution is 0.0210. The summed E-state index contributed by atoms with van der Waals surface area (Å²) in [7, 11) is 1.63. The Bertz CT molecular complexity index is 577. The fourth-order valence-electron chi connectivity index (χ4n) is 4.24. The van der Waals surface area contributed by atoms with Crippen molar-refractivity contribution in [1.29, 1.82) is 0 Å². The highest BCUT2D eigenvalue weighted by Gasteiger charge is 2.39. The minimum Gasteiger partial charge on any atom is -0.490 e. The fraction of sp³-hybridized carbons (Fsp3) is 0.650. The van der Waals surface area contributed by atoms with Crippen LogP contribution in [0.4, 0.5) is 0 Å². The molecule has 0 spiro atoms. The van der Waals surface area contributed by atoms with Crippen molar-refractivity contribution in [3.63, 3.8) is 0 Å². The molecule has 25 heavy (non-hydrogen) atoms. The van der Waals surface area contributed by atoms with Gasteiger partial charge in [-0.05, 0) is 37.8 Å². The van der Waals surface area contributed by atoms with E-state index >= 15 is 0 Å². The van der Waals surface area contributed by atoms with Crippen molar-refractivity contribution in [3.05, 3.63) is 29.8 Å². The molecule has 2 fully saturated rings. The third-order valence-electron chi connectivity index (χ3n) is 5.50. The highest BCUT2D eigenvalue weighted by Crippen LogP contribution is 2.36. The van der Waals surface area contributed by atoms with Gasteiger partial charge in [-0.15, -0.1) is 0 Å². The number of aliphatic hydroxyl groups excluding tert-OH is 1. The molecule has 0 bridgehead atoms. The summed E-state index contributed by atoms with van der Waals surface area (Å²) in [5, 5.41) is 10.4. The fourth-order valence-corrected chi connectivity index (χ4v) is 4.24. The molecule has 1 saturated carbocycles. The number of ether oxygens (including phenoxy) is 2. The van der Waals surface area contributed by atoms with Crippen molar-refractivity contribution in [2.75, 3.05) is 26.9 Å². The van der Waals surface area contributed by atoms with E-state index < -0.39 is 0 Å². The predicted molar refractivity (Wildman–Crippen MR) is 95.8 cm³/mol. The van der Waals surface area contributed by atoms with Gasteiger partial charge in [-0.25, -0.2) is 0 Å². The Morgan fingerprint density at radius 1 is 1.16 bits per heavy atom. The first-order valence-corrected chi connectivity index (χ1v) is 9.42. The highest BCUT2D eigenvalue weighted by atomic mass is 16.5. The molecule has 3 atom stereocenters. The second-order valence-electron chi connectivity index (χ2n) is 7.06. The second kappa shape index (κ2) is 8.68. The van der Waals surface area contributed by atoms with Crippen LogP contribution in [0.25, 0.3) is 0 Å². The molecule has 2 aliphatic rings. The molecule has 0 unspecified atom stereocenters. The largest absolute Gasteiger partial charge is 0.490 e. The number of hydrogen-bond donors (Lipinski definition) is 1. The summed E-state index contributed by atoms with van der Waals surface area (Å²) in [5.41, 5.74) is 0.607. The van der Waals surface area contributed by atoms with Crippen LogP contribution >= 0.6 is 0 Å². The van der Waals surface area contributed by atoms with E-state index in [4.69, 9.17) is 9.47 Å². The Labute approximate surface area is 149 Å². The van der Waals surface area contributed by atoms with Gasteiger partial charge < -0.3 is 19.5 Å². The number of rotatable bonds is 6. The molecule has 1 heterocycles. The van der Waals surface area contributed by atoms with Crippen molar-refractivity contribution in [2.45, 2.75) is 50.7 Å². The van der Waals surface area contributed by atoms with Crippen molar-refractivity contribution < 1.29 is 19.4 Å². The molecule has 1 aromatic carbocycles. The Morgan fingerprint density at radius 3 is 2.76 bits per heavy atom. The quantitative estimate of drug-likeness (QED) is 0.804. The van der Waals surface area contributed by atoms with Gasteiger partial charge in [0.1, 0.15) is 12.4 Å². The van der Waals surface area contributed by atoms with Crippen molar-refractivity contribution >= 4 is 5.91 Å². The molecular formula is C20H29NO4. The van der Waals surface area contributed by atoms with Crippen LogP contribution in [0.3, 0.4) is 0 Å². The zero-order chi connectivity index (χ0) is 17.6. The minimum absolute atomic E-state index is 0.0216. The zero-order valence-electron chi connectivity index (χ0n) is 15.0. The highest BCUT2D eigenvalue weighted by molar-refractivity contribution is 5.97. The first kappa shape index (κ1) is 18.2. The monoisotopic (exact) mass is 347 g/mol. The Balaban J connectivity index is 1.75. The van der Waals surface area contributed by atoms with Gasteiger partial charge in [-0.1, -0.05) is 25.0 Å². The van der Waals surface area contributed by atoms with E-state index in [-0.39, 0.29) is 24.0 Å². The van der Waals surface area contributed by atoms with E-state index in [1.165, 1.54) is 0 Å². The molecule has 1 saturated heterocycles. The first-order chi connectivity index (χ1) is 12.2. The smallest absolute Gasteiger partial charge is 0.257 e. The first-order valence-electron chi connectivity index (χ1n) is 9.42. The van der Waals surface area contributed by atoms with E-state index in [0.717, 1.165) is 45.1 Å². The normalized spacial score (nSPS) is 26.6. The van der Waals surface area contributed by atoms with E-state index in [1.54, 1.807) is 7.11 Å². The van der Waals surface area contributed by atoms with Gasteiger partial charge in [0, 0.05) is 25.6 Å². The van der Waals surface area contributed by atoms with Crippen LogP contribution in [0.2, 0.25) is 0 Å². The number of aliphatic hydroxyl groups is 1. The molecule has 138 valence electrons. The molecule has 0 aromatic heterocycles. The minimum atomic E-state index is -0.277. The lowest BCUT2D eigenvalue weighted by Gasteiger charge is -2.37. The van der Waals surface area contributed by atoms with Crippen LogP contribution in [0.15, 0.2) is 24.3 Å². The molecule has 0 radical (unpaired) electrons. The molecule has 5 nitrogen and oxygen atoms in total. The number of likely N-dealkylation sites (tertiary alicyclic amines) is 1. The third kappa shape index (κ3) is 4.15. The van der Waals surface area contributed by atoms with Crippen LogP contribution in [0, 0.1) is 5.92 Å². The van der Waals surface area contributed by atoms with Gasteiger partial charge in [-0.3, -0.25) is 4.79 Å². The number of methoxy groups -OCH3 is 1. The summed E-state index contributed by atoms with van der Waals surface area (Å²) < 4.78 is 10.8. The van der Waals surface area contributed by atoms with Crippen LogP contribution in [0.5, 0.6) is 5.75 Å². The number of nitrogens with zero attached hydrogens (tertiary/aromatic N) is 1. The summed E-state index contributed by atoms with van der Waals surface area (Å²) >= 11 is 0. The van der Waals surface area contributed by atoms with Gasteiger partial charge in [-0.2, -0.15) is 0 Å². The molecule has 1 aliphatic carbocycles. The van der Waals surface area contributed by atoms with E-state index in [9.17, 15) is 9.90 Å². The molecule has 1 aliphatic heterocycles. The van der Waals surface area contributed by atoms with Crippen molar-refractivity contribution in [3.8, 4) is 5.75 Å². The van der Waals surface area contributed by atoms with Gasteiger partial charge in [0.05, 0.1) is 18.3 Å². The van der Waals surface area contributed by atoms with E-state index in [1.807, 2.05) is 29.2 Å². The SMILES string of the molecule is COCCOc1ccccc1C(=O)N1CCC[C@@H]1[C@H]1CCCC[C@H]1O. The summed E-state index contributed by atoms with van der Waals surface area (Å²) in [4.78, 5) is 15.2. The van der Waals surface area contributed by atoms with Gasteiger partial charge in [0.15, 0.2) is 0 Å². The summed E-state index contributed by atoms with van der Waals surface area (Å²) in [5.74, 6) is 0.842. The Kier molecular flexibility index (Phi) is 6.32. The number of para-hydroxylation sites is 1. The van der Waals surface area contributed by atoms with Gasteiger partial charge in [0.2, 0.25) is 0 Å². The lowest BCUT2D eigenvalue weighted by Crippen LogP contribution is -2.45. The van der Waals surface area contributed by atoms with Gasteiger partial charge >= 0.3 is 0 Å². The summed E-state index contributed by atoms with van der Waals surface area (Å²) in [6, 6.07) is 7.57. The molecule has 3 rings (SSSR count). The molecule has 1 aromatic rings. The van der Waals surface area contributed by atoms with Crippen molar-refractivity contribution in [1.82, 2.24) is 4.90 Å². The average molecular weight is 347 g/mol. The van der Waals surface area contributed by atoms with Crippen molar-refractivity contribution in [2.24, 2.45) is 5.92 Å². The van der Waals surface area contributed by atoms with Gasteiger partial charge in [0.25, 0.3) is 5.91 Å². The molecule has 1 N–H and O–H groups in total. The zero-order valence-corrected chi connectivity index (χ0v) is 15.0. The molecule has 5 heteroatoms. The standard InChI is InChI=1S/C20H29NO4/c1-24-13-14-25-19-11-5-3-8-16(19)20(23)21-12-6-9-17(21)15-7-2-4-10-18(15)22/h3,5,8,11,15,17-18,22H,2,4,6-7,9-10,12-14H2,1H3/t15-,17-,18-/m1/s1. The molecular weight excluding hydrogens is 318 g/mol. The lowest BCUT2D eigenvalue weighted by atomic mass is 9.80. The third-order valence-corrected chi connectivity index (χ3v) is 5.50. The number of carbonyl (C=O) groups is 1. The van der Waals surface area contributed by atoms with Crippen LogP contribution < -0.4 is 4.74 Å². The van der Waals surface area contributed by atoms with Crippen LogP contribution in [-0.4, -0.2) is 54.9 Å². The topological polar surface area (TPSA) is 59.0 Å². The number of carbonyl (C=O) groups excluding carboxylic acids is 1. The Hall–Kier alpha value is -1.59. The Morgan fingerprint density at radius 2 is 1.96 bits per heavy atom. The summed E-state index contributed by atoms with van der Waals surface area (Å²) in [6.45, 7) is 1.67. The number of amides is 1. The average Bonchev–Trinajstić information content (AvgIpc) is 3.12. The van der Waals surface area contributed by atoms with Crippen LogP contribution in [-0.2, 0) is 4.74 Å². The van der Waals surface area contributed by atoms with E-state index in [0.29, 0.717) is 24.5 Å². The maximum Gasteiger partial charge on any atom is 0.257 e. The number of benzene rings is 1. The maximum atomic E-state index is 13.2. The van der Waals surface area contributed by atoms with E-state index in [2.05, 4.69) is 0 Å².